The highest BCUT2D eigenvalue weighted by molar-refractivity contribution is 5.23. The highest BCUT2D eigenvalue weighted by atomic mass is 16.7. The summed E-state index contributed by atoms with van der Waals surface area (Å²) in [6, 6.07) is 0. The second-order valence-corrected chi connectivity index (χ2v) is 4.54. The van der Waals surface area contributed by atoms with E-state index < -0.39 is 11.9 Å². The summed E-state index contributed by atoms with van der Waals surface area (Å²) < 4.78 is 11.2. The molecule has 17 heavy (non-hydrogen) atoms. The van der Waals surface area contributed by atoms with Gasteiger partial charge in [-0.15, -0.1) is 0 Å². The van der Waals surface area contributed by atoms with Gasteiger partial charge in [0.2, 0.25) is 0 Å². The van der Waals surface area contributed by atoms with Gasteiger partial charge in [-0.05, 0) is 18.4 Å². The molecule has 4 nitrogen and oxygen atoms in total. The van der Waals surface area contributed by atoms with Gasteiger partial charge in [0.05, 0.1) is 19.3 Å². The zero-order valence-electron chi connectivity index (χ0n) is 10.1. The van der Waals surface area contributed by atoms with Crippen molar-refractivity contribution >= 4 is 0 Å². The molecule has 0 radical (unpaired) electrons. The van der Waals surface area contributed by atoms with Crippen LogP contribution in [0, 0.1) is 0 Å². The molecule has 2 fully saturated rings. The topological polar surface area (TPSA) is 58.9 Å². The zero-order valence-corrected chi connectivity index (χ0v) is 10.1. The van der Waals surface area contributed by atoms with E-state index in [1.165, 1.54) is 0 Å². The van der Waals surface area contributed by atoms with Crippen molar-refractivity contribution in [1.82, 2.24) is 0 Å². The molecule has 2 saturated heterocycles. The molecule has 3 atom stereocenters. The van der Waals surface area contributed by atoms with Gasteiger partial charge >= 0.3 is 0 Å². The zero-order chi connectivity index (χ0) is 12.3. The van der Waals surface area contributed by atoms with Crippen LogP contribution in [0.25, 0.3) is 0 Å². The van der Waals surface area contributed by atoms with Crippen LogP contribution in [-0.4, -0.2) is 41.4 Å². The number of allylic oxidation sites excluding steroid dienone is 3. The maximum atomic E-state index is 10.2. The lowest BCUT2D eigenvalue weighted by molar-refractivity contribution is -0.237. The quantitative estimate of drug-likeness (QED) is 0.776. The first-order valence-electron chi connectivity index (χ1n) is 6.18. The molecule has 0 aromatic carbocycles. The van der Waals surface area contributed by atoms with E-state index in [4.69, 9.17) is 14.6 Å². The standard InChI is InChI=1S/C13H20O4/c1-2-3-4-5-10-9-16-13(12(10)15)7-6-11(8-14)17-13/h3-5,11-12,14-15H,2,6-9H2,1H3/b4-3+,10-5-/t11-,12+,13-/m1/s1. The summed E-state index contributed by atoms with van der Waals surface area (Å²) in [7, 11) is 0. The first-order chi connectivity index (χ1) is 8.22. The van der Waals surface area contributed by atoms with Crippen molar-refractivity contribution in [3.05, 3.63) is 23.8 Å². The third-order valence-corrected chi connectivity index (χ3v) is 3.32. The van der Waals surface area contributed by atoms with Gasteiger partial charge in [0, 0.05) is 6.42 Å². The van der Waals surface area contributed by atoms with Gasteiger partial charge in [0.15, 0.2) is 5.79 Å². The van der Waals surface area contributed by atoms with Crippen molar-refractivity contribution in [2.24, 2.45) is 0 Å². The van der Waals surface area contributed by atoms with E-state index in [0.717, 1.165) is 18.4 Å². The fourth-order valence-corrected chi connectivity index (χ4v) is 2.31. The molecule has 0 bridgehead atoms. The lowest BCUT2D eigenvalue weighted by atomic mass is 10.0. The highest BCUT2D eigenvalue weighted by Crippen LogP contribution is 2.41. The van der Waals surface area contributed by atoms with Crippen LogP contribution >= 0.6 is 0 Å². The van der Waals surface area contributed by atoms with Crippen molar-refractivity contribution in [2.75, 3.05) is 13.2 Å². The van der Waals surface area contributed by atoms with Gasteiger partial charge in [-0.2, -0.15) is 0 Å². The maximum Gasteiger partial charge on any atom is 0.199 e. The molecule has 0 aromatic rings. The van der Waals surface area contributed by atoms with Crippen LogP contribution in [0.1, 0.15) is 26.2 Å². The second-order valence-electron chi connectivity index (χ2n) is 4.54. The average Bonchev–Trinajstić information content (AvgIpc) is 2.89. The van der Waals surface area contributed by atoms with E-state index in [1.807, 2.05) is 18.2 Å². The molecule has 0 aromatic heterocycles. The fourth-order valence-electron chi connectivity index (χ4n) is 2.31. The second kappa shape index (κ2) is 5.31. The van der Waals surface area contributed by atoms with E-state index in [0.29, 0.717) is 13.0 Å². The first kappa shape index (κ1) is 12.8. The van der Waals surface area contributed by atoms with Gasteiger partial charge < -0.3 is 19.7 Å². The Hall–Kier alpha value is -0.680. The van der Waals surface area contributed by atoms with Crippen LogP contribution in [0.3, 0.4) is 0 Å². The molecule has 2 aliphatic heterocycles. The minimum absolute atomic E-state index is 0.0212. The molecule has 0 saturated carbocycles. The Bertz CT molecular complexity index is 323. The predicted octanol–water partition coefficient (Wildman–Crippen LogP) is 1.14. The van der Waals surface area contributed by atoms with Gasteiger partial charge in [-0.25, -0.2) is 0 Å². The van der Waals surface area contributed by atoms with Crippen LogP contribution in [0.5, 0.6) is 0 Å². The summed E-state index contributed by atoms with van der Waals surface area (Å²) in [5.41, 5.74) is 0.841. The maximum absolute atomic E-state index is 10.2. The number of aliphatic hydroxyl groups is 2. The number of hydrogen-bond donors (Lipinski definition) is 2. The molecule has 0 amide bonds. The molecule has 4 heteroatoms. The van der Waals surface area contributed by atoms with Crippen molar-refractivity contribution in [2.45, 2.75) is 44.2 Å². The third kappa shape index (κ3) is 2.45. The van der Waals surface area contributed by atoms with E-state index in [2.05, 4.69) is 6.92 Å². The Morgan fingerprint density at radius 1 is 1.53 bits per heavy atom. The Morgan fingerprint density at radius 3 is 3.00 bits per heavy atom. The lowest BCUT2D eigenvalue weighted by Gasteiger charge is -2.26. The summed E-state index contributed by atoms with van der Waals surface area (Å²) in [5.74, 6) is -0.917. The van der Waals surface area contributed by atoms with Crippen molar-refractivity contribution in [3.8, 4) is 0 Å². The molecule has 2 rings (SSSR count). The van der Waals surface area contributed by atoms with E-state index in [1.54, 1.807) is 0 Å². The monoisotopic (exact) mass is 240 g/mol. The van der Waals surface area contributed by atoms with Crippen LogP contribution in [0.15, 0.2) is 23.8 Å². The van der Waals surface area contributed by atoms with Gasteiger partial charge in [-0.3, -0.25) is 0 Å². The van der Waals surface area contributed by atoms with E-state index in [-0.39, 0.29) is 12.7 Å². The summed E-state index contributed by atoms with van der Waals surface area (Å²) in [4.78, 5) is 0. The van der Waals surface area contributed by atoms with Crippen LogP contribution in [0.2, 0.25) is 0 Å². The number of aliphatic hydroxyl groups excluding tert-OH is 2. The largest absolute Gasteiger partial charge is 0.394 e. The molecular formula is C13H20O4. The van der Waals surface area contributed by atoms with Crippen LogP contribution < -0.4 is 0 Å². The van der Waals surface area contributed by atoms with E-state index in [9.17, 15) is 5.11 Å². The molecule has 0 unspecified atom stereocenters. The molecule has 2 N–H and O–H groups in total. The summed E-state index contributed by atoms with van der Waals surface area (Å²) in [6.45, 7) is 2.43. The number of ether oxygens (including phenoxy) is 2. The lowest BCUT2D eigenvalue weighted by Crippen LogP contribution is -2.40. The van der Waals surface area contributed by atoms with Gasteiger partial charge in [0.25, 0.3) is 0 Å². The molecular weight excluding hydrogens is 220 g/mol. The molecule has 2 aliphatic rings. The molecule has 0 aliphatic carbocycles. The van der Waals surface area contributed by atoms with Crippen LogP contribution in [0.4, 0.5) is 0 Å². The normalized spacial score (nSPS) is 40.1. The third-order valence-electron chi connectivity index (χ3n) is 3.32. The van der Waals surface area contributed by atoms with Crippen molar-refractivity contribution < 1.29 is 19.7 Å². The summed E-state index contributed by atoms with van der Waals surface area (Å²) in [5, 5.41) is 19.3. The van der Waals surface area contributed by atoms with Crippen LogP contribution in [-0.2, 0) is 9.47 Å². The Morgan fingerprint density at radius 2 is 2.35 bits per heavy atom. The Labute approximate surface area is 102 Å². The average molecular weight is 240 g/mol. The molecule has 2 heterocycles. The van der Waals surface area contributed by atoms with Crippen molar-refractivity contribution in [3.63, 3.8) is 0 Å². The minimum atomic E-state index is -0.917. The van der Waals surface area contributed by atoms with Crippen molar-refractivity contribution in [1.29, 1.82) is 0 Å². The SMILES string of the molecule is CC/C=C/C=C1/CO[C@@]2(CC[C@H](CO)O2)[C@H]1O. The Balaban J connectivity index is 2.05. The van der Waals surface area contributed by atoms with E-state index >= 15 is 0 Å². The van der Waals surface area contributed by atoms with Gasteiger partial charge in [-0.1, -0.05) is 25.2 Å². The Kier molecular flexibility index (Phi) is 3.99. The predicted molar refractivity (Wildman–Crippen MR) is 63.4 cm³/mol. The number of rotatable bonds is 3. The van der Waals surface area contributed by atoms with Gasteiger partial charge in [0.1, 0.15) is 6.10 Å². The summed E-state index contributed by atoms with van der Waals surface area (Å²) in [6.07, 6.45) is 7.24. The smallest absolute Gasteiger partial charge is 0.199 e. The minimum Gasteiger partial charge on any atom is -0.394 e. The number of hydrogen-bond acceptors (Lipinski definition) is 4. The molecule has 96 valence electrons. The first-order valence-corrected chi connectivity index (χ1v) is 6.18. The molecule has 1 spiro atoms. The highest BCUT2D eigenvalue weighted by Gasteiger charge is 2.52. The fraction of sp³-hybridized carbons (Fsp3) is 0.692. The summed E-state index contributed by atoms with van der Waals surface area (Å²) >= 11 is 0.